The van der Waals surface area contributed by atoms with Gasteiger partial charge in [0.1, 0.15) is 11.0 Å². The Morgan fingerprint density at radius 1 is 1.18 bits per heavy atom. The minimum absolute atomic E-state index is 0.348. The monoisotopic (exact) mass is 535 g/mol. The van der Waals surface area contributed by atoms with Crippen molar-refractivity contribution in [2.75, 3.05) is 32.7 Å². The first-order valence-corrected chi connectivity index (χ1v) is 15.4. The van der Waals surface area contributed by atoms with E-state index in [9.17, 15) is 9.90 Å². The largest absolute Gasteiger partial charge is 0.480 e. The van der Waals surface area contributed by atoms with Gasteiger partial charge in [-0.3, -0.25) is 9.69 Å². The molecular formula is C30H41N5O2S. The maximum Gasteiger partial charge on any atom is 0.320 e. The molecule has 4 heterocycles. The van der Waals surface area contributed by atoms with Crippen molar-refractivity contribution < 1.29 is 9.90 Å². The molecule has 3 fully saturated rings. The molecule has 3 aliphatic rings. The molecule has 2 aromatic heterocycles. The molecule has 204 valence electrons. The maximum atomic E-state index is 12.4. The average molecular weight is 536 g/mol. The first-order valence-electron chi connectivity index (χ1n) is 14.6. The van der Waals surface area contributed by atoms with Crippen molar-refractivity contribution in [1.82, 2.24) is 24.4 Å². The number of hydrogen-bond donors (Lipinski definition) is 1. The Morgan fingerprint density at radius 2 is 2.00 bits per heavy atom. The first kappa shape index (κ1) is 26.0. The Labute approximate surface area is 229 Å². The second-order valence-electron chi connectivity index (χ2n) is 11.9. The van der Waals surface area contributed by atoms with Gasteiger partial charge in [0.25, 0.3) is 0 Å². The third kappa shape index (κ3) is 5.27. The molecule has 1 aliphatic carbocycles. The predicted molar refractivity (Wildman–Crippen MR) is 151 cm³/mol. The summed E-state index contributed by atoms with van der Waals surface area (Å²) in [6.07, 6.45) is 9.70. The number of hydrogen-bond acceptors (Lipinski definition) is 6. The van der Waals surface area contributed by atoms with Gasteiger partial charge in [0.05, 0.1) is 11.9 Å². The third-order valence-electron chi connectivity index (χ3n) is 9.40. The summed E-state index contributed by atoms with van der Waals surface area (Å²) in [6, 6.07) is 8.54. The van der Waals surface area contributed by atoms with Crippen LogP contribution in [-0.2, 0) is 11.2 Å². The van der Waals surface area contributed by atoms with E-state index in [1.807, 2.05) is 6.20 Å². The van der Waals surface area contributed by atoms with Crippen LogP contribution in [0.5, 0.6) is 0 Å². The summed E-state index contributed by atoms with van der Waals surface area (Å²) in [5.41, 5.74) is 3.92. The highest BCUT2D eigenvalue weighted by atomic mass is 32.1. The quantitative estimate of drug-likeness (QED) is 0.406. The highest BCUT2D eigenvalue weighted by Gasteiger charge is 2.41. The van der Waals surface area contributed by atoms with Crippen molar-refractivity contribution in [2.45, 2.75) is 76.7 Å². The molecule has 7 nitrogen and oxygen atoms in total. The van der Waals surface area contributed by atoms with E-state index in [0.29, 0.717) is 23.7 Å². The molecule has 3 unspecified atom stereocenters. The molecule has 3 aromatic rings. The fourth-order valence-electron chi connectivity index (χ4n) is 6.99. The van der Waals surface area contributed by atoms with Crippen LogP contribution < -0.4 is 0 Å². The summed E-state index contributed by atoms with van der Waals surface area (Å²) < 4.78 is 2.08. The normalized spacial score (nSPS) is 24.7. The molecule has 0 radical (unpaired) electrons. The van der Waals surface area contributed by atoms with Crippen LogP contribution in [0.1, 0.15) is 79.1 Å². The van der Waals surface area contributed by atoms with Crippen molar-refractivity contribution in [2.24, 2.45) is 11.8 Å². The molecule has 1 saturated carbocycles. The van der Waals surface area contributed by atoms with Gasteiger partial charge in [0.2, 0.25) is 4.96 Å². The number of carboxylic acid groups (broad SMARTS) is 1. The number of aliphatic carboxylic acids is 1. The van der Waals surface area contributed by atoms with Gasteiger partial charge < -0.3 is 10.0 Å². The molecule has 0 spiro atoms. The lowest BCUT2D eigenvalue weighted by molar-refractivity contribution is -0.144. The summed E-state index contributed by atoms with van der Waals surface area (Å²) in [4.78, 5) is 22.9. The number of carboxylic acids is 1. The van der Waals surface area contributed by atoms with Crippen LogP contribution >= 0.6 is 11.3 Å². The number of carbonyl (C=O) groups is 1. The summed E-state index contributed by atoms with van der Waals surface area (Å²) in [7, 11) is 0. The number of benzene rings is 1. The summed E-state index contributed by atoms with van der Waals surface area (Å²) in [5, 5.41) is 16.1. The number of likely N-dealkylation sites (tertiary alicyclic amines) is 2. The van der Waals surface area contributed by atoms with Gasteiger partial charge in [-0.1, -0.05) is 67.4 Å². The Balaban J connectivity index is 1.14. The predicted octanol–water partition coefficient (Wildman–Crippen LogP) is 5.20. The van der Waals surface area contributed by atoms with Crippen molar-refractivity contribution >= 4 is 22.3 Å². The summed E-state index contributed by atoms with van der Waals surface area (Å²) in [6.45, 7) is 9.22. The number of nitrogens with zero attached hydrogens (tertiary/aromatic N) is 5. The fraction of sp³-hybridized carbons (Fsp3) is 0.633. The molecule has 0 bridgehead atoms. The standard InChI is InChI=1S/C30H41N5O2S/c1-3-28-32-35-27(16-31-30(35)38-28)22-10-12-33(13-11-22)17-24-18-34(26(29(36)37)15-21-7-5-8-21)19-25(24)23-9-4-6-20(2)14-23/h4,6,9,14,16,21-22,24-26H,3,5,7-8,10-13,15,17-19H2,1-2H3,(H,36,37). The fourth-order valence-corrected chi connectivity index (χ4v) is 7.80. The molecular weight excluding hydrogens is 494 g/mol. The molecule has 8 heteroatoms. The number of aryl methyl sites for hydroxylation is 2. The third-order valence-corrected chi connectivity index (χ3v) is 10.5. The molecule has 2 aliphatic heterocycles. The molecule has 1 N–H and O–H groups in total. The zero-order valence-electron chi connectivity index (χ0n) is 22.8. The molecule has 1 aromatic carbocycles. The minimum atomic E-state index is -0.637. The number of piperidine rings is 1. The summed E-state index contributed by atoms with van der Waals surface area (Å²) in [5.74, 6) is 1.28. The second-order valence-corrected chi connectivity index (χ2v) is 13.0. The van der Waals surface area contributed by atoms with E-state index in [2.05, 4.69) is 57.4 Å². The lowest BCUT2D eigenvalue weighted by Gasteiger charge is -2.34. The highest BCUT2D eigenvalue weighted by molar-refractivity contribution is 7.16. The number of rotatable bonds is 9. The van der Waals surface area contributed by atoms with E-state index >= 15 is 0 Å². The van der Waals surface area contributed by atoms with E-state index in [1.165, 1.54) is 36.1 Å². The Kier molecular flexibility index (Phi) is 7.56. The minimum Gasteiger partial charge on any atom is -0.480 e. The van der Waals surface area contributed by atoms with Gasteiger partial charge in [0.15, 0.2) is 0 Å². The van der Waals surface area contributed by atoms with Crippen molar-refractivity contribution in [3.05, 3.63) is 52.3 Å². The van der Waals surface area contributed by atoms with Gasteiger partial charge in [-0.05, 0) is 63.1 Å². The smallest absolute Gasteiger partial charge is 0.320 e. The number of aromatic nitrogens is 3. The molecule has 2 saturated heterocycles. The number of fused-ring (bicyclic) bond motifs is 1. The average Bonchev–Trinajstić information content (AvgIpc) is 3.58. The van der Waals surface area contributed by atoms with Crippen molar-refractivity contribution in [1.29, 1.82) is 0 Å². The van der Waals surface area contributed by atoms with Crippen LogP contribution in [0.2, 0.25) is 0 Å². The van der Waals surface area contributed by atoms with Crippen LogP contribution in [0.4, 0.5) is 0 Å². The SMILES string of the molecule is CCc1nn2c(C3CCN(CC4CN(C(CC5CCC5)C(=O)O)CC4c4cccc(C)c4)CC3)cnc2s1. The lowest BCUT2D eigenvalue weighted by Crippen LogP contribution is -2.43. The van der Waals surface area contributed by atoms with E-state index in [1.54, 1.807) is 11.3 Å². The molecule has 38 heavy (non-hydrogen) atoms. The van der Waals surface area contributed by atoms with Crippen molar-refractivity contribution in [3.8, 4) is 0 Å². The Hall–Kier alpha value is -2.29. The molecule has 3 atom stereocenters. The summed E-state index contributed by atoms with van der Waals surface area (Å²) >= 11 is 1.70. The van der Waals surface area contributed by atoms with Gasteiger partial charge in [0, 0.05) is 31.5 Å². The van der Waals surface area contributed by atoms with E-state index < -0.39 is 5.97 Å². The van der Waals surface area contributed by atoms with Gasteiger partial charge in [-0.15, -0.1) is 0 Å². The van der Waals surface area contributed by atoms with E-state index in [-0.39, 0.29) is 6.04 Å². The van der Waals surface area contributed by atoms with Crippen LogP contribution in [-0.4, -0.2) is 74.2 Å². The second kappa shape index (κ2) is 11.1. The zero-order chi connectivity index (χ0) is 26.2. The van der Waals surface area contributed by atoms with Gasteiger partial charge in [-0.2, -0.15) is 5.10 Å². The Bertz CT molecular complexity index is 1260. The topological polar surface area (TPSA) is 74.0 Å². The number of imidazole rings is 1. The van der Waals surface area contributed by atoms with Crippen LogP contribution in [0.15, 0.2) is 30.5 Å². The van der Waals surface area contributed by atoms with Crippen LogP contribution in [0.25, 0.3) is 4.96 Å². The highest BCUT2D eigenvalue weighted by Crippen LogP contribution is 2.39. The lowest BCUT2D eigenvalue weighted by atomic mass is 9.80. The van der Waals surface area contributed by atoms with E-state index in [4.69, 9.17) is 5.10 Å². The zero-order valence-corrected chi connectivity index (χ0v) is 23.6. The Morgan fingerprint density at radius 3 is 2.68 bits per heavy atom. The van der Waals surface area contributed by atoms with Gasteiger partial charge >= 0.3 is 5.97 Å². The maximum absolute atomic E-state index is 12.4. The van der Waals surface area contributed by atoms with E-state index in [0.717, 1.165) is 68.4 Å². The molecule has 6 rings (SSSR count). The molecule has 0 amide bonds. The first-order chi connectivity index (χ1) is 18.5. The van der Waals surface area contributed by atoms with Gasteiger partial charge in [-0.25, -0.2) is 9.50 Å². The van der Waals surface area contributed by atoms with Crippen LogP contribution in [0.3, 0.4) is 0 Å². The van der Waals surface area contributed by atoms with Crippen LogP contribution in [0, 0.1) is 18.8 Å². The van der Waals surface area contributed by atoms with Crippen molar-refractivity contribution in [3.63, 3.8) is 0 Å².